The second-order valence-corrected chi connectivity index (χ2v) is 1.62. The molecule has 0 heterocycles. The van der Waals surface area contributed by atoms with Crippen LogP contribution in [0.25, 0.3) is 0 Å². The molecule has 8 heavy (non-hydrogen) atoms. The van der Waals surface area contributed by atoms with Crippen molar-refractivity contribution in [3.8, 4) is 0 Å². The van der Waals surface area contributed by atoms with Crippen LogP contribution >= 0.6 is 0 Å². The summed E-state index contributed by atoms with van der Waals surface area (Å²) in [6, 6.07) is 0. The van der Waals surface area contributed by atoms with Gasteiger partial charge in [0.15, 0.2) is 0 Å². The topological polar surface area (TPSA) is 38.7 Å². The van der Waals surface area contributed by atoms with Crippen molar-refractivity contribution < 1.29 is 9.63 Å². The van der Waals surface area contributed by atoms with E-state index in [2.05, 4.69) is 9.99 Å². The molecule has 3 heteroatoms. The van der Waals surface area contributed by atoms with Gasteiger partial charge in [0, 0.05) is 6.92 Å². The van der Waals surface area contributed by atoms with Crippen molar-refractivity contribution in [1.82, 2.24) is 0 Å². The van der Waals surface area contributed by atoms with Crippen molar-refractivity contribution in [3.63, 3.8) is 0 Å². The fraction of sp³-hybridized carbons (Fsp3) is 0.600. The molecule has 0 N–H and O–H groups in total. The van der Waals surface area contributed by atoms with Crippen LogP contribution < -0.4 is 0 Å². The Balaban J connectivity index is 3.45. The Morgan fingerprint density at radius 3 is 2.00 bits per heavy atom. The van der Waals surface area contributed by atoms with Crippen molar-refractivity contribution in [3.05, 3.63) is 0 Å². The van der Waals surface area contributed by atoms with E-state index in [1.165, 1.54) is 6.92 Å². The van der Waals surface area contributed by atoms with Gasteiger partial charge in [0.1, 0.15) is 0 Å². The van der Waals surface area contributed by atoms with Gasteiger partial charge in [0.05, 0.1) is 5.71 Å². The van der Waals surface area contributed by atoms with E-state index in [0.29, 0.717) is 0 Å². The molecule has 46 valence electrons. The fourth-order valence-corrected chi connectivity index (χ4v) is 0.156. The van der Waals surface area contributed by atoms with Crippen molar-refractivity contribution >= 4 is 11.7 Å². The molecule has 0 aliphatic carbocycles. The number of rotatable bonds is 1. The minimum Gasteiger partial charge on any atom is -0.319 e. The van der Waals surface area contributed by atoms with Crippen LogP contribution in [0.3, 0.4) is 0 Å². The van der Waals surface area contributed by atoms with E-state index < -0.39 is 0 Å². The fourth-order valence-electron chi connectivity index (χ4n) is 0.156. The Kier molecular flexibility index (Phi) is 2.84. The number of carbonyl (C=O) groups excluding carboxylic acids is 1. The van der Waals surface area contributed by atoms with Crippen molar-refractivity contribution in [2.45, 2.75) is 20.8 Å². The average molecular weight is 115 g/mol. The third-order valence-corrected chi connectivity index (χ3v) is 0.357. The lowest BCUT2D eigenvalue weighted by atomic mass is 10.5. The van der Waals surface area contributed by atoms with Crippen LogP contribution in [0.2, 0.25) is 0 Å². The van der Waals surface area contributed by atoms with Crippen molar-refractivity contribution in [2.24, 2.45) is 5.16 Å². The number of nitrogens with zero attached hydrogens (tertiary/aromatic N) is 1. The number of oxime groups is 1. The van der Waals surface area contributed by atoms with E-state index >= 15 is 0 Å². The van der Waals surface area contributed by atoms with E-state index in [9.17, 15) is 4.79 Å². The first-order chi connectivity index (χ1) is 3.63. The van der Waals surface area contributed by atoms with Gasteiger partial charge in [0.2, 0.25) is 0 Å². The number of hydrogen-bond donors (Lipinski definition) is 0. The maximum atomic E-state index is 10.0. The molecule has 0 saturated heterocycles. The van der Waals surface area contributed by atoms with E-state index in [1.54, 1.807) is 13.8 Å². The Bertz CT molecular complexity index is 114. The molecule has 0 aromatic carbocycles. The van der Waals surface area contributed by atoms with Gasteiger partial charge < -0.3 is 4.84 Å². The molecule has 0 aliphatic rings. The SMILES string of the molecule is CC(=O)ON=C(C)C. The monoisotopic (exact) mass is 115 g/mol. The molecule has 0 fully saturated rings. The second kappa shape index (κ2) is 3.18. The molecule has 0 amide bonds. The maximum Gasteiger partial charge on any atom is 0.331 e. The predicted molar refractivity (Wildman–Crippen MR) is 30.5 cm³/mol. The van der Waals surface area contributed by atoms with Gasteiger partial charge >= 0.3 is 5.97 Å². The Labute approximate surface area is 48.3 Å². The molecule has 0 radical (unpaired) electrons. The summed E-state index contributed by atoms with van der Waals surface area (Å²) in [7, 11) is 0. The highest BCUT2D eigenvalue weighted by Gasteiger charge is 1.85. The first kappa shape index (κ1) is 7.14. The normalized spacial score (nSPS) is 7.88. The lowest BCUT2D eigenvalue weighted by molar-refractivity contribution is -0.140. The summed E-state index contributed by atoms with van der Waals surface area (Å²) in [5.74, 6) is -0.383. The quantitative estimate of drug-likeness (QED) is 0.290. The molecule has 0 aromatic heterocycles. The van der Waals surface area contributed by atoms with Crippen LogP contribution in [0.4, 0.5) is 0 Å². The first-order valence-corrected chi connectivity index (χ1v) is 2.31. The molecule has 0 spiro atoms. The minimum atomic E-state index is -0.383. The van der Waals surface area contributed by atoms with E-state index in [4.69, 9.17) is 0 Å². The van der Waals surface area contributed by atoms with Gasteiger partial charge in [-0.25, -0.2) is 4.79 Å². The molecule has 0 unspecified atom stereocenters. The molecule has 0 rings (SSSR count). The highest BCUT2D eigenvalue weighted by atomic mass is 16.7. The van der Waals surface area contributed by atoms with E-state index in [-0.39, 0.29) is 5.97 Å². The molecule has 0 saturated carbocycles. The smallest absolute Gasteiger partial charge is 0.319 e. The molecule has 0 aliphatic heterocycles. The highest BCUT2D eigenvalue weighted by Crippen LogP contribution is 1.78. The molecule has 3 nitrogen and oxygen atoms in total. The summed E-state index contributed by atoms with van der Waals surface area (Å²) in [4.78, 5) is 14.3. The Hall–Kier alpha value is -0.860. The lowest BCUT2D eigenvalue weighted by Gasteiger charge is -1.88. The number of carbonyl (C=O) groups is 1. The molecular formula is C5H9NO2. The van der Waals surface area contributed by atoms with Crippen molar-refractivity contribution in [2.75, 3.05) is 0 Å². The largest absolute Gasteiger partial charge is 0.331 e. The summed E-state index contributed by atoms with van der Waals surface area (Å²) in [5, 5.41) is 3.39. The number of hydrogen-bond acceptors (Lipinski definition) is 3. The zero-order valence-corrected chi connectivity index (χ0v) is 5.26. The molecule has 0 aromatic rings. The molecule has 0 atom stereocenters. The van der Waals surface area contributed by atoms with Crippen LogP contribution in [0, 0.1) is 0 Å². The van der Waals surface area contributed by atoms with Crippen LogP contribution in [-0.4, -0.2) is 11.7 Å². The first-order valence-electron chi connectivity index (χ1n) is 2.31. The highest BCUT2D eigenvalue weighted by molar-refractivity contribution is 5.79. The lowest BCUT2D eigenvalue weighted by Crippen LogP contribution is -1.93. The van der Waals surface area contributed by atoms with Gasteiger partial charge in [-0.1, -0.05) is 5.16 Å². The Morgan fingerprint density at radius 2 is 1.88 bits per heavy atom. The average Bonchev–Trinajstić information content (AvgIpc) is 1.61. The zero-order chi connectivity index (χ0) is 6.57. The van der Waals surface area contributed by atoms with Crippen LogP contribution in [0.15, 0.2) is 5.16 Å². The standard InChI is InChI=1S/C5H9NO2/c1-4(2)6-8-5(3)7/h1-3H3. The van der Waals surface area contributed by atoms with E-state index in [0.717, 1.165) is 5.71 Å². The summed E-state index contributed by atoms with van der Waals surface area (Å²) in [6.07, 6.45) is 0. The molecular weight excluding hydrogens is 106 g/mol. The minimum absolute atomic E-state index is 0.383. The second-order valence-electron chi connectivity index (χ2n) is 1.62. The summed E-state index contributed by atoms with van der Waals surface area (Å²) >= 11 is 0. The van der Waals surface area contributed by atoms with Gasteiger partial charge in [-0.05, 0) is 13.8 Å². The Morgan fingerprint density at radius 1 is 1.38 bits per heavy atom. The zero-order valence-electron chi connectivity index (χ0n) is 5.26. The van der Waals surface area contributed by atoms with Crippen molar-refractivity contribution in [1.29, 1.82) is 0 Å². The summed E-state index contributed by atoms with van der Waals surface area (Å²) in [5.41, 5.74) is 0.736. The third-order valence-electron chi connectivity index (χ3n) is 0.357. The summed E-state index contributed by atoms with van der Waals surface area (Å²) < 4.78 is 0. The van der Waals surface area contributed by atoms with Gasteiger partial charge in [-0.2, -0.15) is 0 Å². The van der Waals surface area contributed by atoms with Gasteiger partial charge in [0.25, 0.3) is 0 Å². The third kappa shape index (κ3) is 5.14. The van der Waals surface area contributed by atoms with Crippen LogP contribution in [-0.2, 0) is 9.63 Å². The van der Waals surface area contributed by atoms with Crippen LogP contribution in [0.1, 0.15) is 20.8 Å². The predicted octanol–water partition coefficient (Wildman–Crippen LogP) is 0.945. The molecule has 0 bridgehead atoms. The van der Waals surface area contributed by atoms with Gasteiger partial charge in [-0.15, -0.1) is 0 Å². The van der Waals surface area contributed by atoms with Gasteiger partial charge in [-0.3, -0.25) is 0 Å². The maximum absolute atomic E-state index is 10.0. The summed E-state index contributed by atoms with van der Waals surface area (Å²) in [6.45, 7) is 4.82. The van der Waals surface area contributed by atoms with E-state index in [1.807, 2.05) is 0 Å². The van der Waals surface area contributed by atoms with Crippen LogP contribution in [0.5, 0.6) is 0 Å².